The Bertz CT molecular complexity index is 1900. The Balaban J connectivity index is 0.000000501. The van der Waals surface area contributed by atoms with Crippen LogP contribution in [-0.4, -0.2) is 164 Å². The number of ether oxygens (including phenoxy) is 3. The summed E-state index contributed by atoms with van der Waals surface area (Å²) in [6, 6.07) is 0. The Morgan fingerprint density at radius 3 is 1.12 bits per heavy atom. The van der Waals surface area contributed by atoms with Crippen LogP contribution in [0.4, 0.5) is 0 Å². The minimum atomic E-state index is -1.06. The molecule has 0 amide bonds. The van der Waals surface area contributed by atoms with E-state index in [9.17, 15) is 53.7 Å². The zero-order chi connectivity index (χ0) is 56.1. The van der Waals surface area contributed by atoms with Crippen molar-refractivity contribution in [2.75, 3.05) is 59.5 Å². The Labute approximate surface area is 427 Å². The molecule has 0 saturated heterocycles. The molecule has 25 nitrogen and oxygen atoms in total. The summed E-state index contributed by atoms with van der Waals surface area (Å²) < 4.78 is 14.7. The second kappa shape index (κ2) is 35.5. The molecule has 0 aliphatic heterocycles. The first-order chi connectivity index (χ1) is 35.0. The van der Waals surface area contributed by atoms with Gasteiger partial charge >= 0.3 is 47.8 Å². The van der Waals surface area contributed by atoms with E-state index in [1.807, 2.05) is 45.9 Å². The highest BCUT2D eigenvalue weighted by molar-refractivity contribution is 5.77. The number of rotatable bonds is 25. The van der Waals surface area contributed by atoms with Gasteiger partial charge < -0.3 is 55.1 Å². The van der Waals surface area contributed by atoms with Crippen molar-refractivity contribution in [2.24, 2.45) is 88.8 Å². The molecule has 15 atom stereocenters. The summed E-state index contributed by atoms with van der Waals surface area (Å²) in [6.45, 7) is 7.00. The summed E-state index contributed by atoms with van der Waals surface area (Å²) in [5.41, 5.74) is 0. The lowest BCUT2D eigenvalue weighted by Gasteiger charge is -2.34. The number of aliphatic carboxylic acids is 6. The number of aliphatic hydroxyl groups excluding tert-OH is 2. The van der Waals surface area contributed by atoms with E-state index in [-0.39, 0.29) is 115 Å². The average Bonchev–Trinajstić information content (AvgIpc) is 3.32. The molecule has 0 bridgehead atoms. The number of carboxylic acids is 6. The first-order valence-corrected chi connectivity index (χ1v) is 24.0. The second-order valence-corrected chi connectivity index (χ2v) is 18.5. The van der Waals surface area contributed by atoms with Gasteiger partial charge in [-0.15, -0.1) is 0 Å². The molecule has 0 saturated carbocycles. The number of hydrogen-bond acceptors (Lipinski definition) is 19. The van der Waals surface area contributed by atoms with Gasteiger partial charge in [0.05, 0.1) is 95.6 Å². The lowest BCUT2D eigenvalue weighted by atomic mass is 9.70. The lowest BCUT2D eigenvalue weighted by molar-refractivity contribution is -0.257. The smallest absolute Gasteiger partial charge is 0.307 e. The van der Waals surface area contributed by atoms with E-state index in [4.69, 9.17) is 55.5 Å². The van der Waals surface area contributed by atoms with Gasteiger partial charge in [0.15, 0.2) is 0 Å². The van der Waals surface area contributed by atoms with Gasteiger partial charge in [-0.1, -0.05) is 76.3 Å². The Morgan fingerprint density at radius 2 is 0.784 bits per heavy atom. The summed E-state index contributed by atoms with van der Waals surface area (Å²) >= 11 is 0. The molecular weight excluding hydrogens is 989 g/mol. The molecule has 0 radical (unpaired) electrons. The quantitative estimate of drug-likeness (QED) is 0.0205. The van der Waals surface area contributed by atoms with Crippen molar-refractivity contribution in [1.82, 2.24) is 0 Å². The van der Waals surface area contributed by atoms with Crippen LogP contribution in [0, 0.1) is 88.8 Å². The van der Waals surface area contributed by atoms with Crippen LogP contribution in [0.2, 0.25) is 0 Å². The van der Waals surface area contributed by atoms with Crippen molar-refractivity contribution in [1.29, 1.82) is 0 Å². The highest BCUT2D eigenvalue weighted by atomic mass is 17.1. The monoisotopic (exact) mass is 1060 g/mol. The summed E-state index contributed by atoms with van der Waals surface area (Å²) in [5, 5.41) is 97.0. The summed E-state index contributed by atoms with van der Waals surface area (Å²) in [5.74, 6) is -13.4. The molecule has 25 heteroatoms. The number of allylic oxidation sites excluding steroid dienone is 8. The van der Waals surface area contributed by atoms with Gasteiger partial charge in [-0.2, -0.15) is 0 Å². The maximum Gasteiger partial charge on any atom is 0.307 e. The van der Waals surface area contributed by atoms with E-state index in [1.165, 1.54) is 0 Å². The fourth-order valence-electron chi connectivity index (χ4n) is 9.44. The van der Waals surface area contributed by atoms with Crippen LogP contribution < -0.4 is 0 Å². The molecule has 0 heterocycles. The highest BCUT2D eigenvalue weighted by Crippen LogP contribution is 2.39. The normalized spacial score (nSPS) is 29.6. The highest BCUT2D eigenvalue weighted by Gasteiger charge is 2.43. The largest absolute Gasteiger partial charge is 0.481 e. The molecule has 74 heavy (non-hydrogen) atoms. The van der Waals surface area contributed by atoms with Crippen molar-refractivity contribution in [2.45, 2.75) is 59.8 Å². The number of esters is 2. The minimum absolute atomic E-state index is 0.0482. The van der Waals surface area contributed by atoms with E-state index in [0.717, 1.165) is 0 Å². The van der Waals surface area contributed by atoms with Gasteiger partial charge in [0, 0.05) is 41.4 Å². The molecule has 0 aromatic heterocycles. The van der Waals surface area contributed by atoms with Crippen molar-refractivity contribution in [3.05, 3.63) is 48.6 Å². The van der Waals surface area contributed by atoms with E-state index in [2.05, 4.69) is 14.7 Å². The topological polar surface area (TPSA) is 414 Å². The van der Waals surface area contributed by atoms with Gasteiger partial charge in [-0.3, -0.25) is 54.1 Å². The van der Waals surface area contributed by atoms with Crippen LogP contribution in [0.5, 0.6) is 0 Å². The van der Waals surface area contributed by atoms with E-state index in [0.29, 0.717) is 6.42 Å². The fraction of sp³-hybridized carbons (Fsp3) is 0.673. The molecule has 4 rings (SSSR count). The third kappa shape index (κ3) is 23.3. The summed E-state index contributed by atoms with van der Waals surface area (Å²) in [4.78, 5) is 102. The maximum atomic E-state index is 11.8. The van der Waals surface area contributed by atoms with Crippen LogP contribution in [0.15, 0.2) is 48.6 Å². The van der Waals surface area contributed by atoms with Crippen LogP contribution in [0.3, 0.4) is 0 Å². The molecule has 11 N–H and O–H groups in total. The number of carbonyl (C=O) groups is 8. The second-order valence-electron chi connectivity index (χ2n) is 18.5. The van der Waals surface area contributed by atoms with Crippen LogP contribution in [-0.2, 0) is 67.2 Å². The Hall–Kier alpha value is -5.64. The number of aliphatic hydroxyl groups is 2. The molecule has 4 aliphatic rings. The third-order valence-corrected chi connectivity index (χ3v) is 13.3. The molecular formula is C49H74O25. The first-order valence-electron chi connectivity index (χ1n) is 24.0. The molecule has 420 valence electrons. The van der Waals surface area contributed by atoms with Crippen molar-refractivity contribution in [3.63, 3.8) is 0 Å². The van der Waals surface area contributed by atoms with E-state index >= 15 is 0 Å². The standard InChI is InChI=1S/C15H24O8.C13H20O7.C11H16O6.C10H14O4/c1-10-2-3-11(14(15(18)19)12(10)9-23-20)8-13(17)22-7-6-21-5-4-16;1-8-2-3-9(6-11(15)19-5-4-14)12(13(16)17)10(8)7-20-18;1-6-2-3-7(4-9(12)13)10(11(14)15)8(6)5-17-16;1-6-2-3-7(5-9(11)12)8(4-6)10(13)14/h2-3,10-12,14,16,20H,4-9H2,1H3,(H,18,19);2-3,8-10,12,14,18H,4-7H2,1H3,(H,16,17);2-3,6-8,10,16H,4-5H2,1H3,(H,12,13)(H,14,15);2-3,6-8H,4-5H2,1H3,(H,11,12)(H,13,14). The lowest BCUT2D eigenvalue weighted by Crippen LogP contribution is -2.39. The fourth-order valence-corrected chi connectivity index (χ4v) is 9.44. The van der Waals surface area contributed by atoms with Crippen LogP contribution >= 0.6 is 0 Å². The number of carbonyl (C=O) groups excluding carboxylic acids is 2. The molecule has 0 aromatic carbocycles. The number of carboxylic acid groups (broad SMARTS) is 6. The molecule has 0 spiro atoms. The van der Waals surface area contributed by atoms with Gasteiger partial charge in [-0.25, -0.2) is 14.7 Å². The third-order valence-electron chi connectivity index (χ3n) is 13.3. The van der Waals surface area contributed by atoms with Gasteiger partial charge in [0.1, 0.15) is 13.2 Å². The summed E-state index contributed by atoms with van der Waals surface area (Å²) in [6.07, 6.45) is 14.1. The van der Waals surface area contributed by atoms with Crippen LogP contribution in [0.25, 0.3) is 0 Å². The van der Waals surface area contributed by atoms with Crippen molar-refractivity contribution in [3.8, 4) is 0 Å². The number of hydrogen-bond donors (Lipinski definition) is 11. The van der Waals surface area contributed by atoms with E-state index in [1.54, 1.807) is 30.4 Å². The van der Waals surface area contributed by atoms with E-state index < -0.39 is 107 Å². The van der Waals surface area contributed by atoms with Crippen molar-refractivity contribution >= 4 is 47.8 Å². The van der Waals surface area contributed by atoms with Gasteiger partial charge in [-0.05, 0) is 30.1 Å². The van der Waals surface area contributed by atoms with Gasteiger partial charge in [0.25, 0.3) is 0 Å². The molecule has 4 aliphatic carbocycles. The average molecular weight is 1060 g/mol. The van der Waals surface area contributed by atoms with Gasteiger partial charge in [0.2, 0.25) is 0 Å². The molecule has 15 unspecified atom stereocenters. The predicted octanol–water partition coefficient (Wildman–Crippen LogP) is 3.56. The van der Waals surface area contributed by atoms with Crippen LogP contribution in [0.1, 0.15) is 59.8 Å². The minimum Gasteiger partial charge on any atom is -0.481 e. The maximum absolute atomic E-state index is 11.8. The SMILES string of the molecule is CC1C=CC(CC(=O)O)C(C(=O)O)C1.CC1C=CC(CC(=O)O)C(C(=O)O)C1COO.CC1C=CC(CC(=O)OCCO)C(C(=O)O)C1COO.CC1C=CC(CC(=O)OCCOCCO)C(C(=O)O)C1COO. The predicted molar refractivity (Wildman–Crippen MR) is 253 cm³/mol. The molecule has 0 fully saturated rings. The first kappa shape index (κ1) is 66.4. The Morgan fingerprint density at radius 1 is 0.432 bits per heavy atom. The Kier molecular flexibility index (Phi) is 31.9. The zero-order valence-electron chi connectivity index (χ0n) is 41.8. The summed E-state index contributed by atoms with van der Waals surface area (Å²) in [7, 11) is 0. The zero-order valence-corrected chi connectivity index (χ0v) is 41.8. The van der Waals surface area contributed by atoms with Crippen molar-refractivity contribution < 1.29 is 124 Å². The molecule has 0 aromatic rings.